The summed E-state index contributed by atoms with van der Waals surface area (Å²) in [6.45, 7) is 10.7. The topological polar surface area (TPSA) is 44.1 Å². The Labute approximate surface area is 98.4 Å². The highest BCUT2D eigenvalue weighted by Gasteiger charge is 2.40. The molecule has 3 heteroatoms. The summed E-state index contributed by atoms with van der Waals surface area (Å²) in [4.78, 5) is 13.4. The van der Waals surface area contributed by atoms with E-state index >= 15 is 0 Å². The Balaban J connectivity index is 2.58. The molecule has 1 amide bonds. The highest BCUT2D eigenvalue weighted by Crippen LogP contribution is 2.46. The molecule has 0 N–H and O–H groups in total. The molecule has 0 aromatic rings. The predicted molar refractivity (Wildman–Crippen MR) is 63.6 cm³/mol. The molecular formula is C13H22N2O. The second-order valence-corrected chi connectivity index (χ2v) is 6.03. The van der Waals surface area contributed by atoms with E-state index in [1.165, 1.54) is 0 Å². The number of carbonyl (C=O) groups excluding carboxylic acids is 1. The van der Waals surface area contributed by atoms with Crippen LogP contribution < -0.4 is 0 Å². The van der Waals surface area contributed by atoms with Gasteiger partial charge in [0.25, 0.3) is 0 Å². The van der Waals surface area contributed by atoms with Gasteiger partial charge in [-0.15, -0.1) is 0 Å². The van der Waals surface area contributed by atoms with E-state index in [0.717, 1.165) is 25.9 Å². The lowest BCUT2D eigenvalue weighted by atomic mass is 9.63. The van der Waals surface area contributed by atoms with Crippen LogP contribution in [-0.4, -0.2) is 23.9 Å². The van der Waals surface area contributed by atoms with Crippen LogP contribution in [0.4, 0.5) is 0 Å². The van der Waals surface area contributed by atoms with E-state index in [1.54, 1.807) is 0 Å². The van der Waals surface area contributed by atoms with E-state index in [0.29, 0.717) is 5.41 Å². The summed E-state index contributed by atoms with van der Waals surface area (Å²) in [7, 11) is 0. The van der Waals surface area contributed by atoms with Gasteiger partial charge in [-0.3, -0.25) is 4.79 Å². The molecule has 0 unspecified atom stereocenters. The lowest BCUT2D eigenvalue weighted by molar-refractivity contribution is -0.133. The largest absolute Gasteiger partial charge is 0.342 e. The number of piperidine rings is 1. The molecule has 1 aliphatic rings. The molecule has 1 saturated heterocycles. The van der Waals surface area contributed by atoms with Crippen LogP contribution in [0.1, 0.15) is 47.0 Å². The summed E-state index contributed by atoms with van der Waals surface area (Å²) < 4.78 is 0. The minimum Gasteiger partial charge on any atom is -0.342 e. The zero-order chi connectivity index (χ0) is 12.4. The van der Waals surface area contributed by atoms with Crippen molar-refractivity contribution in [3.8, 4) is 6.07 Å². The van der Waals surface area contributed by atoms with Gasteiger partial charge in [-0.1, -0.05) is 27.7 Å². The van der Waals surface area contributed by atoms with Crippen LogP contribution in [0.3, 0.4) is 0 Å². The van der Waals surface area contributed by atoms with E-state index in [-0.39, 0.29) is 17.7 Å². The first-order valence-electron chi connectivity index (χ1n) is 5.95. The molecule has 16 heavy (non-hydrogen) atoms. The molecule has 0 aromatic carbocycles. The second-order valence-electron chi connectivity index (χ2n) is 6.03. The molecule has 1 heterocycles. The minimum absolute atomic E-state index is 0.0153. The lowest BCUT2D eigenvalue weighted by Gasteiger charge is -2.47. The molecule has 0 radical (unpaired) electrons. The van der Waals surface area contributed by atoms with Crippen molar-refractivity contribution >= 4 is 5.91 Å². The average molecular weight is 222 g/mol. The first kappa shape index (κ1) is 13.0. The van der Waals surface area contributed by atoms with Crippen LogP contribution in [0.15, 0.2) is 0 Å². The summed E-state index contributed by atoms with van der Waals surface area (Å²) in [5, 5.41) is 8.50. The quantitative estimate of drug-likeness (QED) is 0.684. The molecular weight excluding hydrogens is 200 g/mol. The van der Waals surface area contributed by atoms with Gasteiger partial charge >= 0.3 is 0 Å². The van der Waals surface area contributed by atoms with Crippen molar-refractivity contribution in [2.75, 3.05) is 13.1 Å². The van der Waals surface area contributed by atoms with Crippen LogP contribution in [-0.2, 0) is 4.79 Å². The monoisotopic (exact) mass is 222 g/mol. The number of hydrogen-bond acceptors (Lipinski definition) is 2. The first-order valence-corrected chi connectivity index (χ1v) is 5.95. The molecule has 0 saturated carbocycles. The van der Waals surface area contributed by atoms with Crippen molar-refractivity contribution in [1.82, 2.24) is 4.90 Å². The van der Waals surface area contributed by atoms with Crippen molar-refractivity contribution < 1.29 is 4.79 Å². The van der Waals surface area contributed by atoms with Gasteiger partial charge < -0.3 is 4.90 Å². The molecule has 0 aliphatic carbocycles. The van der Waals surface area contributed by atoms with E-state index in [1.807, 2.05) is 11.0 Å². The van der Waals surface area contributed by atoms with Crippen LogP contribution in [0.2, 0.25) is 0 Å². The van der Waals surface area contributed by atoms with Gasteiger partial charge in [0.15, 0.2) is 0 Å². The Morgan fingerprint density at radius 1 is 1.38 bits per heavy atom. The smallest absolute Gasteiger partial charge is 0.236 e. The molecule has 1 aliphatic heterocycles. The van der Waals surface area contributed by atoms with Crippen LogP contribution in [0.25, 0.3) is 0 Å². The van der Waals surface area contributed by atoms with Crippen molar-refractivity contribution in [3.05, 3.63) is 0 Å². The number of amides is 1. The maximum atomic E-state index is 11.6. The molecule has 1 fully saturated rings. The number of carbonyl (C=O) groups is 1. The molecule has 0 bridgehead atoms. The summed E-state index contributed by atoms with van der Waals surface area (Å²) in [6, 6.07) is 1.92. The van der Waals surface area contributed by atoms with Crippen LogP contribution in [0.5, 0.6) is 0 Å². The molecule has 0 spiro atoms. The standard InChI is InChI=1S/C13H22N2O/c1-12(2,3)13(4)6-9-15(10-7-13)11(16)5-8-14/h5-7,9-10H2,1-4H3. The van der Waals surface area contributed by atoms with Gasteiger partial charge in [-0.2, -0.15) is 5.26 Å². The van der Waals surface area contributed by atoms with Crippen molar-refractivity contribution in [3.63, 3.8) is 0 Å². The highest BCUT2D eigenvalue weighted by molar-refractivity contribution is 5.78. The summed E-state index contributed by atoms with van der Waals surface area (Å²) in [5.41, 5.74) is 0.577. The maximum Gasteiger partial charge on any atom is 0.236 e. The van der Waals surface area contributed by atoms with Gasteiger partial charge in [-0.25, -0.2) is 0 Å². The van der Waals surface area contributed by atoms with Crippen molar-refractivity contribution in [1.29, 1.82) is 5.26 Å². The average Bonchev–Trinajstić information content (AvgIpc) is 2.17. The molecule has 0 atom stereocenters. The third-order valence-electron chi connectivity index (χ3n) is 4.26. The SMILES string of the molecule is CC(C)(C)C1(C)CCN(C(=O)CC#N)CC1. The molecule has 1 rings (SSSR count). The highest BCUT2D eigenvalue weighted by atomic mass is 16.2. The van der Waals surface area contributed by atoms with Gasteiger partial charge in [-0.05, 0) is 23.7 Å². The van der Waals surface area contributed by atoms with E-state index in [9.17, 15) is 4.79 Å². The normalized spacial score (nSPS) is 20.3. The number of likely N-dealkylation sites (tertiary alicyclic amines) is 1. The zero-order valence-corrected chi connectivity index (χ0v) is 10.8. The van der Waals surface area contributed by atoms with Crippen LogP contribution in [0, 0.1) is 22.2 Å². The third kappa shape index (κ3) is 2.55. The molecule has 0 aromatic heterocycles. The summed E-state index contributed by atoms with van der Waals surface area (Å²) in [6.07, 6.45) is 2.09. The molecule has 3 nitrogen and oxygen atoms in total. The fourth-order valence-corrected chi connectivity index (χ4v) is 2.18. The summed E-state index contributed by atoms with van der Waals surface area (Å²) >= 11 is 0. The maximum absolute atomic E-state index is 11.6. The Morgan fingerprint density at radius 3 is 2.25 bits per heavy atom. The molecule has 90 valence electrons. The number of rotatable bonds is 1. The van der Waals surface area contributed by atoms with Crippen molar-refractivity contribution in [2.24, 2.45) is 10.8 Å². The van der Waals surface area contributed by atoms with Gasteiger partial charge in [0, 0.05) is 13.1 Å². The van der Waals surface area contributed by atoms with E-state index < -0.39 is 0 Å². The van der Waals surface area contributed by atoms with E-state index in [2.05, 4.69) is 27.7 Å². The number of nitriles is 1. The zero-order valence-electron chi connectivity index (χ0n) is 10.8. The Hall–Kier alpha value is -1.04. The third-order valence-corrected chi connectivity index (χ3v) is 4.26. The van der Waals surface area contributed by atoms with Gasteiger partial charge in [0.2, 0.25) is 5.91 Å². The predicted octanol–water partition coefficient (Wildman–Crippen LogP) is 2.57. The lowest BCUT2D eigenvalue weighted by Crippen LogP contribution is -2.46. The summed E-state index contributed by atoms with van der Waals surface area (Å²) in [5.74, 6) is -0.0153. The minimum atomic E-state index is -0.0153. The van der Waals surface area contributed by atoms with Gasteiger partial charge in [0.1, 0.15) is 6.42 Å². The Bertz CT molecular complexity index is 301. The first-order chi connectivity index (χ1) is 7.30. The Kier molecular flexibility index (Phi) is 3.62. The number of nitrogens with zero attached hydrogens (tertiary/aromatic N) is 2. The van der Waals surface area contributed by atoms with Crippen LogP contribution >= 0.6 is 0 Å². The fraction of sp³-hybridized carbons (Fsp3) is 0.846. The van der Waals surface area contributed by atoms with E-state index in [4.69, 9.17) is 5.26 Å². The fourth-order valence-electron chi connectivity index (χ4n) is 2.18. The number of hydrogen-bond donors (Lipinski definition) is 0. The van der Waals surface area contributed by atoms with Gasteiger partial charge in [0.05, 0.1) is 6.07 Å². The van der Waals surface area contributed by atoms with Crippen molar-refractivity contribution in [2.45, 2.75) is 47.0 Å². The Morgan fingerprint density at radius 2 is 1.88 bits per heavy atom. The second kappa shape index (κ2) is 4.45.